The van der Waals surface area contributed by atoms with Crippen LogP contribution in [-0.2, 0) is 9.84 Å². The zero-order valence-electron chi connectivity index (χ0n) is 10.0. The summed E-state index contributed by atoms with van der Waals surface area (Å²) in [5, 5.41) is 0. The van der Waals surface area contributed by atoms with Crippen molar-refractivity contribution in [2.45, 2.75) is 13.8 Å². The molecule has 2 rings (SSSR count). The first-order valence-corrected chi connectivity index (χ1v) is 8.22. The number of hydrogen-bond donors (Lipinski definition) is 0. The molecule has 1 heterocycles. The third kappa shape index (κ3) is 2.83. The summed E-state index contributed by atoms with van der Waals surface area (Å²) in [6.45, 7) is 5.30. The first-order valence-electron chi connectivity index (χ1n) is 5.61. The Morgan fingerprint density at radius 3 is 2.29 bits per heavy atom. The summed E-state index contributed by atoms with van der Waals surface area (Å²) < 4.78 is 23.9. The quantitative estimate of drug-likeness (QED) is 0.797. The van der Waals surface area contributed by atoms with Gasteiger partial charge in [-0.2, -0.15) is 0 Å². The van der Waals surface area contributed by atoms with Crippen LogP contribution in [-0.4, -0.2) is 33.0 Å². The Morgan fingerprint density at radius 2 is 1.76 bits per heavy atom. The van der Waals surface area contributed by atoms with Crippen molar-refractivity contribution >= 4 is 31.5 Å². The standard InChI is InChI=1S/C12H16BrNO2S/c1-9-7-10(2)12(11(13)8-9)14-3-5-17(15,16)6-4-14/h7-8H,3-6H2,1-2H3. The van der Waals surface area contributed by atoms with Crippen molar-refractivity contribution in [3.63, 3.8) is 0 Å². The average molecular weight is 318 g/mol. The molecule has 3 nitrogen and oxygen atoms in total. The van der Waals surface area contributed by atoms with Crippen LogP contribution in [0.15, 0.2) is 16.6 Å². The second-order valence-corrected chi connectivity index (χ2v) is 7.71. The largest absolute Gasteiger partial charge is 0.368 e. The molecule has 5 heteroatoms. The van der Waals surface area contributed by atoms with Gasteiger partial charge in [-0.05, 0) is 47.0 Å². The molecule has 0 bridgehead atoms. The number of halogens is 1. The lowest BCUT2D eigenvalue weighted by Crippen LogP contribution is -2.40. The molecule has 0 spiro atoms. The summed E-state index contributed by atoms with van der Waals surface area (Å²) in [7, 11) is -2.81. The minimum Gasteiger partial charge on any atom is -0.368 e. The fourth-order valence-electron chi connectivity index (χ4n) is 2.24. The lowest BCUT2D eigenvalue weighted by atomic mass is 10.1. The third-order valence-corrected chi connectivity index (χ3v) is 5.27. The topological polar surface area (TPSA) is 37.4 Å². The molecule has 0 radical (unpaired) electrons. The first-order chi connectivity index (χ1) is 7.89. The van der Waals surface area contributed by atoms with E-state index < -0.39 is 9.84 Å². The van der Waals surface area contributed by atoms with Crippen molar-refractivity contribution < 1.29 is 8.42 Å². The molecule has 0 atom stereocenters. The molecular weight excluding hydrogens is 302 g/mol. The highest BCUT2D eigenvalue weighted by Crippen LogP contribution is 2.32. The molecule has 94 valence electrons. The fraction of sp³-hybridized carbons (Fsp3) is 0.500. The minimum atomic E-state index is -2.81. The maximum absolute atomic E-state index is 11.4. The summed E-state index contributed by atoms with van der Waals surface area (Å²) in [6.07, 6.45) is 0. The van der Waals surface area contributed by atoms with Crippen molar-refractivity contribution in [3.05, 3.63) is 27.7 Å². The number of sulfone groups is 1. The van der Waals surface area contributed by atoms with Crippen LogP contribution < -0.4 is 4.90 Å². The third-order valence-electron chi connectivity index (χ3n) is 3.06. The van der Waals surface area contributed by atoms with Gasteiger partial charge in [0.2, 0.25) is 0 Å². The molecule has 0 aromatic heterocycles. The Kier molecular flexibility index (Phi) is 3.50. The van der Waals surface area contributed by atoms with Gasteiger partial charge < -0.3 is 4.90 Å². The summed E-state index contributed by atoms with van der Waals surface area (Å²) in [6, 6.07) is 4.20. The maximum atomic E-state index is 11.4. The van der Waals surface area contributed by atoms with Crippen molar-refractivity contribution in [3.8, 4) is 0 Å². The van der Waals surface area contributed by atoms with Crippen LogP contribution in [0.2, 0.25) is 0 Å². The van der Waals surface area contributed by atoms with E-state index in [2.05, 4.69) is 46.8 Å². The molecule has 1 fully saturated rings. The Morgan fingerprint density at radius 1 is 1.18 bits per heavy atom. The van der Waals surface area contributed by atoms with Gasteiger partial charge >= 0.3 is 0 Å². The van der Waals surface area contributed by atoms with E-state index >= 15 is 0 Å². The molecule has 0 aliphatic carbocycles. The predicted octanol–water partition coefficient (Wildman–Crippen LogP) is 2.30. The van der Waals surface area contributed by atoms with Crippen LogP contribution in [0.3, 0.4) is 0 Å². The molecule has 0 N–H and O–H groups in total. The fourth-order valence-corrected chi connectivity index (χ4v) is 4.37. The van der Waals surface area contributed by atoms with Gasteiger partial charge in [-0.3, -0.25) is 0 Å². The van der Waals surface area contributed by atoms with E-state index in [1.165, 1.54) is 11.1 Å². The van der Waals surface area contributed by atoms with Gasteiger partial charge in [0.1, 0.15) is 0 Å². The zero-order chi connectivity index (χ0) is 12.6. The maximum Gasteiger partial charge on any atom is 0.153 e. The van der Waals surface area contributed by atoms with Gasteiger partial charge in [0, 0.05) is 17.6 Å². The molecule has 1 aromatic rings. The highest BCUT2D eigenvalue weighted by atomic mass is 79.9. The van der Waals surface area contributed by atoms with E-state index in [4.69, 9.17) is 0 Å². The lowest BCUT2D eigenvalue weighted by molar-refractivity contribution is 0.586. The molecule has 1 aromatic carbocycles. The molecule has 1 aliphatic heterocycles. The van der Waals surface area contributed by atoms with Crippen LogP contribution >= 0.6 is 15.9 Å². The molecule has 17 heavy (non-hydrogen) atoms. The molecule has 0 unspecified atom stereocenters. The van der Waals surface area contributed by atoms with E-state index in [0.717, 1.165) is 10.2 Å². The smallest absolute Gasteiger partial charge is 0.153 e. The van der Waals surface area contributed by atoms with E-state index in [0.29, 0.717) is 13.1 Å². The normalized spacial score (nSPS) is 19.4. The van der Waals surface area contributed by atoms with Gasteiger partial charge in [0.25, 0.3) is 0 Å². The number of rotatable bonds is 1. The monoisotopic (exact) mass is 317 g/mol. The molecule has 1 aliphatic rings. The highest BCUT2D eigenvalue weighted by Gasteiger charge is 2.23. The van der Waals surface area contributed by atoms with Crippen molar-refractivity contribution in [2.24, 2.45) is 0 Å². The number of aryl methyl sites for hydroxylation is 2. The summed E-state index contributed by atoms with van der Waals surface area (Å²) in [5.41, 5.74) is 3.53. The van der Waals surface area contributed by atoms with Crippen LogP contribution in [0.25, 0.3) is 0 Å². The molecule has 0 saturated carbocycles. The molecule has 0 amide bonds. The Labute approximate surface area is 111 Å². The lowest BCUT2D eigenvalue weighted by Gasteiger charge is -2.31. The zero-order valence-corrected chi connectivity index (χ0v) is 12.4. The summed E-state index contributed by atoms with van der Waals surface area (Å²) >= 11 is 3.57. The second kappa shape index (κ2) is 4.61. The van der Waals surface area contributed by atoms with E-state index in [-0.39, 0.29) is 11.5 Å². The SMILES string of the molecule is Cc1cc(C)c(N2CCS(=O)(=O)CC2)c(Br)c1. The molecule has 1 saturated heterocycles. The number of hydrogen-bond acceptors (Lipinski definition) is 3. The van der Waals surface area contributed by atoms with Gasteiger partial charge in [0.15, 0.2) is 9.84 Å². The number of anilines is 1. The van der Waals surface area contributed by atoms with Gasteiger partial charge in [-0.25, -0.2) is 8.42 Å². The first kappa shape index (κ1) is 12.9. The van der Waals surface area contributed by atoms with Crippen molar-refractivity contribution in [2.75, 3.05) is 29.5 Å². The Bertz CT molecular complexity index is 502. The van der Waals surface area contributed by atoms with E-state index in [1.807, 2.05) is 0 Å². The van der Waals surface area contributed by atoms with E-state index in [1.54, 1.807) is 0 Å². The van der Waals surface area contributed by atoms with Crippen LogP contribution in [0.4, 0.5) is 5.69 Å². The second-order valence-electron chi connectivity index (χ2n) is 4.55. The van der Waals surface area contributed by atoms with Gasteiger partial charge in [-0.15, -0.1) is 0 Å². The highest BCUT2D eigenvalue weighted by molar-refractivity contribution is 9.10. The van der Waals surface area contributed by atoms with Crippen molar-refractivity contribution in [1.29, 1.82) is 0 Å². The van der Waals surface area contributed by atoms with Gasteiger partial charge in [-0.1, -0.05) is 6.07 Å². The predicted molar refractivity (Wildman–Crippen MR) is 74.5 cm³/mol. The van der Waals surface area contributed by atoms with Gasteiger partial charge in [0.05, 0.1) is 17.2 Å². The Balaban J connectivity index is 2.30. The Hall–Kier alpha value is -0.550. The summed E-state index contributed by atoms with van der Waals surface area (Å²) in [5.74, 6) is 0.513. The van der Waals surface area contributed by atoms with Crippen LogP contribution in [0.5, 0.6) is 0 Å². The molecular formula is C12H16BrNO2S. The van der Waals surface area contributed by atoms with Crippen LogP contribution in [0, 0.1) is 13.8 Å². The van der Waals surface area contributed by atoms with E-state index in [9.17, 15) is 8.42 Å². The van der Waals surface area contributed by atoms with Crippen LogP contribution in [0.1, 0.15) is 11.1 Å². The minimum absolute atomic E-state index is 0.257. The number of nitrogens with zero attached hydrogens (tertiary/aromatic N) is 1. The number of benzene rings is 1. The summed E-state index contributed by atoms with van der Waals surface area (Å²) in [4.78, 5) is 2.15. The van der Waals surface area contributed by atoms with Crippen molar-refractivity contribution in [1.82, 2.24) is 0 Å². The average Bonchev–Trinajstić information content (AvgIpc) is 2.19.